The molecule has 0 aliphatic heterocycles. The number of nitrogens with two attached hydrogens (primary N) is 1. The highest BCUT2D eigenvalue weighted by atomic mass is 79.9. The molecule has 2 unspecified atom stereocenters. The maximum absolute atomic E-state index is 13.3. The molecule has 0 bridgehead atoms. The first-order chi connectivity index (χ1) is 8.69. The molecule has 3 heteroatoms. The maximum Gasteiger partial charge on any atom is 0.137 e. The lowest BCUT2D eigenvalue weighted by Gasteiger charge is -2.46. The van der Waals surface area contributed by atoms with Crippen LogP contribution in [0.4, 0.5) is 4.39 Å². The Hall–Kier alpha value is -0.410. The first-order valence-corrected chi connectivity index (χ1v) is 7.71. The molecule has 2 rings (SSSR count). The van der Waals surface area contributed by atoms with Gasteiger partial charge in [0.25, 0.3) is 0 Å². The van der Waals surface area contributed by atoms with Gasteiger partial charge in [0.2, 0.25) is 0 Å². The Balaban J connectivity index is 2.18. The van der Waals surface area contributed by atoms with E-state index in [0.29, 0.717) is 15.8 Å². The van der Waals surface area contributed by atoms with Crippen molar-refractivity contribution in [2.45, 2.75) is 52.0 Å². The number of benzene rings is 1. The van der Waals surface area contributed by atoms with Crippen molar-refractivity contribution in [3.8, 4) is 0 Å². The third kappa shape index (κ3) is 3.79. The first kappa shape index (κ1) is 15.0. The Kier molecular flexibility index (Phi) is 4.08. The number of hydrogen-bond acceptors (Lipinski definition) is 1. The van der Waals surface area contributed by atoms with Crippen molar-refractivity contribution in [3.05, 3.63) is 34.1 Å². The van der Waals surface area contributed by atoms with E-state index in [-0.39, 0.29) is 11.4 Å². The van der Waals surface area contributed by atoms with E-state index in [0.717, 1.165) is 24.8 Å². The largest absolute Gasteiger partial charge is 0.325 e. The SMILES string of the molecule is CC1CC(C)(C)CC(N)(Cc2ccc(F)c(Br)c2)C1. The second-order valence-corrected chi connectivity index (χ2v) is 8.00. The Labute approximate surface area is 123 Å². The molecule has 2 N–H and O–H groups in total. The van der Waals surface area contributed by atoms with Gasteiger partial charge in [-0.15, -0.1) is 0 Å². The molecule has 1 aromatic carbocycles. The summed E-state index contributed by atoms with van der Waals surface area (Å²) in [5, 5.41) is 0. The Morgan fingerprint density at radius 2 is 2.05 bits per heavy atom. The number of hydrogen-bond donors (Lipinski definition) is 1. The minimum atomic E-state index is -0.216. The summed E-state index contributed by atoms with van der Waals surface area (Å²) in [5.41, 5.74) is 7.88. The van der Waals surface area contributed by atoms with Crippen LogP contribution in [0.5, 0.6) is 0 Å². The van der Waals surface area contributed by atoms with Crippen LogP contribution in [0, 0.1) is 17.2 Å². The zero-order valence-corrected chi connectivity index (χ0v) is 13.6. The number of halogens is 2. The molecule has 1 aromatic rings. The molecule has 1 nitrogen and oxygen atoms in total. The summed E-state index contributed by atoms with van der Waals surface area (Å²) < 4.78 is 13.8. The summed E-state index contributed by atoms with van der Waals surface area (Å²) in [4.78, 5) is 0. The van der Waals surface area contributed by atoms with Crippen LogP contribution in [0.3, 0.4) is 0 Å². The van der Waals surface area contributed by atoms with E-state index in [1.54, 1.807) is 0 Å². The molecule has 1 saturated carbocycles. The fourth-order valence-corrected chi connectivity index (χ4v) is 4.42. The van der Waals surface area contributed by atoms with E-state index in [4.69, 9.17) is 5.73 Å². The molecular formula is C16H23BrFN. The zero-order valence-electron chi connectivity index (χ0n) is 12.0. The highest BCUT2D eigenvalue weighted by Crippen LogP contribution is 2.44. The second kappa shape index (κ2) is 5.17. The zero-order chi connectivity index (χ0) is 14.3. The summed E-state index contributed by atoms with van der Waals surface area (Å²) in [6.07, 6.45) is 4.13. The van der Waals surface area contributed by atoms with Gasteiger partial charge < -0.3 is 5.73 Å². The van der Waals surface area contributed by atoms with Gasteiger partial charge in [0.05, 0.1) is 4.47 Å². The minimum absolute atomic E-state index is 0.168. The van der Waals surface area contributed by atoms with Crippen molar-refractivity contribution in [2.24, 2.45) is 17.1 Å². The third-order valence-electron chi connectivity index (χ3n) is 4.03. The fraction of sp³-hybridized carbons (Fsp3) is 0.625. The normalized spacial score (nSPS) is 30.3. The van der Waals surface area contributed by atoms with Gasteiger partial charge in [0.1, 0.15) is 5.82 Å². The van der Waals surface area contributed by atoms with Crippen molar-refractivity contribution >= 4 is 15.9 Å². The Morgan fingerprint density at radius 3 is 2.63 bits per heavy atom. The Morgan fingerprint density at radius 1 is 1.37 bits per heavy atom. The van der Waals surface area contributed by atoms with Crippen LogP contribution in [0.15, 0.2) is 22.7 Å². The molecular weight excluding hydrogens is 305 g/mol. The van der Waals surface area contributed by atoms with Crippen LogP contribution in [0.25, 0.3) is 0 Å². The van der Waals surface area contributed by atoms with Crippen molar-refractivity contribution in [1.29, 1.82) is 0 Å². The van der Waals surface area contributed by atoms with E-state index < -0.39 is 0 Å². The number of rotatable bonds is 2. The molecule has 0 saturated heterocycles. The van der Waals surface area contributed by atoms with Gasteiger partial charge >= 0.3 is 0 Å². The van der Waals surface area contributed by atoms with Crippen LogP contribution in [-0.2, 0) is 6.42 Å². The van der Waals surface area contributed by atoms with Gasteiger partial charge in [-0.1, -0.05) is 26.8 Å². The lowest BCUT2D eigenvalue weighted by molar-refractivity contribution is 0.108. The highest BCUT2D eigenvalue weighted by molar-refractivity contribution is 9.10. The topological polar surface area (TPSA) is 26.0 Å². The van der Waals surface area contributed by atoms with Gasteiger partial charge in [-0.05, 0) is 70.6 Å². The van der Waals surface area contributed by atoms with Crippen molar-refractivity contribution in [3.63, 3.8) is 0 Å². The molecule has 0 radical (unpaired) electrons. The summed E-state index contributed by atoms with van der Waals surface area (Å²) in [6, 6.07) is 5.22. The summed E-state index contributed by atoms with van der Waals surface area (Å²) >= 11 is 3.25. The van der Waals surface area contributed by atoms with Crippen LogP contribution in [0.1, 0.15) is 45.6 Å². The van der Waals surface area contributed by atoms with Gasteiger partial charge in [-0.3, -0.25) is 0 Å². The van der Waals surface area contributed by atoms with E-state index >= 15 is 0 Å². The van der Waals surface area contributed by atoms with Gasteiger partial charge in [-0.25, -0.2) is 4.39 Å². The van der Waals surface area contributed by atoms with E-state index in [1.807, 2.05) is 12.1 Å². The van der Waals surface area contributed by atoms with Crippen LogP contribution < -0.4 is 5.73 Å². The van der Waals surface area contributed by atoms with Crippen LogP contribution >= 0.6 is 15.9 Å². The minimum Gasteiger partial charge on any atom is -0.325 e. The summed E-state index contributed by atoms with van der Waals surface area (Å²) in [5.74, 6) is 0.435. The second-order valence-electron chi connectivity index (χ2n) is 7.14. The van der Waals surface area contributed by atoms with Crippen LogP contribution in [0.2, 0.25) is 0 Å². The van der Waals surface area contributed by atoms with Gasteiger partial charge in [0.15, 0.2) is 0 Å². The van der Waals surface area contributed by atoms with Gasteiger partial charge in [-0.2, -0.15) is 0 Å². The average molecular weight is 328 g/mol. The van der Waals surface area contributed by atoms with Crippen molar-refractivity contribution < 1.29 is 4.39 Å². The quantitative estimate of drug-likeness (QED) is 0.838. The standard InChI is InChI=1S/C16H23BrFN/c1-11-7-15(2,3)10-16(19,8-11)9-12-4-5-14(18)13(17)6-12/h4-6,11H,7-10,19H2,1-3H3. The maximum atomic E-state index is 13.3. The predicted octanol–water partition coefficient (Wildman–Crippen LogP) is 4.67. The molecule has 19 heavy (non-hydrogen) atoms. The van der Waals surface area contributed by atoms with Gasteiger partial charge in [0, 0.05) is 5.54 Å². The molecule has 0 aromatic heterocycles. The fourth-order valence-electron chi connectivity index (χ4n) is 4.00. The molecule has 1 aliphatic carbocycles. The predicted molar refractivity (Wildman–Crippen MR) is 81.5 cm³/mol. The van der Waals surface area contributed by atoms with E-state index in [2.05, 4.69) is 36.7 Å². The molecule has 1 aliphatic rings. The molecule has 1 fully saturated rings. The molecule has 2 atom stereocenters. The third-order valence-corrected chi connectivity index (χ3v) is 4.63. The molecule has 0 amide bonds. The van der Waals surface area contributed by atoms with Crippen molar-refractivity contribution in [2.75, 3.05) is 0 Å². The smallest absolute Gasteiger partial charge is 0.137 e. The first-order valence-electron chi connectivity index (χ1n) is 6.92. The van der Waals surface area contributed by atoms with Crippen LogP contribution in [-0.4, -0.2) is 5.54 Å². The molecule has 0 heterocycles. The van der Waals surface area contributed by atoms with E-state index in [9.17, 15) is 4.39 Å². The lowest BCUT2D eigenvalue weighted by Crippen LogP contribution is -2.50. The molecule has 0 spiro atoms. The summed E-state index contributed by atoms with van der Waals surface area (Å²) in [6.45, 7) is 6.87. The average Bonchev–Trinajstić information content (AvgIpc) is 2.19. The van der Waals surface area contributed by atoms with E-state index in [1.165, 1.54) is 12.5 Å². The Bertz CT molecular complexity index is 472. The lowest BCUT2D eigenvalue weighted by atomic mass is 9.63. The molecule has 106 valence electrons. The van der Waals surface area contributed by atoms with Crippen molar-refractivity contribution in [1.82, 2.24) is 0 Å². The highest BCUT2D eigenvalue weighted by Gasteiger charge is 2.40. The summed E-state index contributed by atoms with van der Waals surface area (Å²) in [7, 11) is 0. The monoisotopic (exact) mass is 327 g/mol.